The second-order valence-corrected chi connectivity index (χ2v) is 4.25. The van der Waals surface area contributed by atoms with E-state index >= 15 is 0 Å². The summed E-state index contributed by atoms with van der Waals surface area (Å²) in [5, 5.41) is 8.76. The van der Waals surface area contributed by atoms with E-state index in [0.29, 0.717) is 0 Å². The minimum atomic E-state index is -4.68. The van der Waals surface area contributed by atoms with Crippen LogP contribution in [0.1, 0.15) is 26.3 Å². The summed E-state index contributed by atoms with van der Waals surface area (Å²) < 4.78 is 41.6. The fraction of sp³-hybridized carbons (Fsp3) is 0.182. The molecule has 0 unspecified atom stereocenters. The highest BCUT2D eigenvalue weighted by atomic mass is 32.2. The summed E-state index contributed by atoms with van der Waals surface area (Å²) >= 11 is -0.616. The minimum absolute atomic E-state index is 0.0984. The van der Waals surface area contributed by atoms with Crippen LogP contribution in [-0.2, 0) is 4.74 Å². The van der Waals surface area contributed by atoms with Crippen molar-refractivity contribution in [3.05, 3.63) is 28.8 Å². The van der Waals surface area contributed by atoms with Crippen molar-refractivity contribution in [2.24, 2.45) is 0 Å². The number of carbonyl (C=O) groups is 2. The summed E-state index contributed by atoms with van der Waals surface area (Å²) in [5.41, 5.74) is -5.84. The standard InChI is InChI=1S/C11H6F3NO3S/c1-18-10(17)7-3-2-6(4-15)9(8(7)5-16)19-11(12,13)14/h2-3,5H,1H3. The molecule has 0 spiro atoms. The number of halogens is 3. The molecule has 100 valence electrons. The molecule has 1 aromatic carbocycles. The average molecular weight is 289 g/mol. The molecule has 0 amide bonds. The number of hydrogen-bond donors (Lipinski definition) is 0. The molecule has 1 rings (SSSR count). The Balaban J connectivity index is 3.51. The maximum absolute atomic E-state index is 12.4. The second kappa shape index (κ2) is 5.75. The van der Waals surface area contributed by atoms with Crippen molar-refractivity contribution in [2.45, 2.75) is 10.4 Å². The van der Waals surface area contributed by atoms with Crippen LogP contribution in [0.15, 0.2) is 17.0 Å². The first-order chi connectivity index (χ1) is 8.84. The van der Waals surface area contributed by atoms with Gasteiger partial charge in [-0.2, -0.15) is 18.4 Å². The number of methoxy groups -OCH3 is 1. The van der Waals surface area contributed by atoms with Crippen LogP contribution in [0.5, 0.6) is 0 Å². The quantitative estimate of drug-likeness (QED) is 0.486. The Morgan fingerprint density at radius 1 is 1.47 bits per heavy atom. The average Bonchev–Trinajstić information content (AvgIpc) is 2.35. The lowest BCUT2D eigenvalue weighted by Gasteiger charge is -2.12. The van der Waals surface area contributed by atoms with Crippen molar-refractivity contribution in [1.82, 2.24) is 0 Å². The molecule has 0 radical (unpaired) electrons. The van der Waals surface area contributed by atoms with Crippen molar-refractivity contribution in [1.29, 1.82) is 5.26 Å². The molecule has 0 aliphatic rings. The molecule has 8 heteroatoms. The molecule has 0 aliphatic carbocycles. The molecular weight excluding hydrogens is 283 g/mol. The van der Waals surface area contributed by atoms with Gasteiger partial charge in [-0.15, -0.1) is 0 Å². The number of ether oxygens (including phenoxy) is 1. The molecule has 19 heavy (non-hydrogen) atoms. The molecule has 0 saturated carbocycles. The van der Waals surface area contributed by atoms with Crippen LogP contribution >= 0.6 is 11.8 Å². The summed E-state index contributed by atoms with van der Waals surface area (Å²) in [5.74, 6) is -0.949. The first kappa shape index (κ1) is 15.0. The Labute approximate surface area is 110 Å². The monoisotopic (exact) mass is 289 g/mol. The second-order valence-electron chi connectivity index (χ2n) is 3.17. The van der Waals surface area contributed by atoms with Gasteiger partial charge in [0.25, 0.3) is 0 Å². The van der Waals surface area contributed by atoms with Gasteiger partial charge in [-0.05, 0) is 23.9 Å². The Bertz CT molecular complexity index is 564. The predicted octanol–water partition coefficient (Wildman–Crippen LogP) is 2.77. The molecule has 0 aliphatic heterocycles. The van der Waals surface area contributed by atoms with Gasteiger partial charge in [0.15, 0.2) is 6.29 Å². The smallest absolute Gasteiger partial charge is 0.446 e. The molecule has 0 fully saturated rings. The fourth-order valence-electron chi connectivity index (χ4n) is 1.32. The lowest BCUT2D eigenvalue weighted by atomic mass is 10.1. The van der Waals surface area contributed by atoms with Crippen LogP contribution in [0.2, 0.25) is 0 Å². The number of thioether (sulfide) groups is 1. The highest BCUT2D eigenvalue weighted by Crippen LogP contribution is 2.40. The zero-order valence-electron chi connectivity index (χ0n) is 9.45. The van der Waals surface area contributed by atoms with Gasteiger partial charge >= 0.3 is 11.5 Å². The van der Waals surface area contributed by atoms with E-state index in [-0.39, 0.29) is 17.4 Å². The highest BCUT2D eigenvalue weighted by Gasteiger charge is 2.33. The van der Waals surface area contributed by atoms with Gasteiger partial charge in [-0.25, -0.2) is 4.79 Å². The molecule has 0 atom stereocenters. The summed E-state index contributed by atoms with van der Waals surface area (Å²) in [6.45, 7) is 0. The SMILES string of the molecule is COC(=O)c1ccc(C#N)c(SC(F)(F)F)c1C=O. The van der Waals surface area contributed by atoms with Crippen LogP contribution in [-0.4, -0.2) is 24.9 Å². The molecule has 0 saturated heterocycles. The van der Waals surface area contributed by atoms with E-state index in [2.05, 4.69) is 4.74 Å². The van der Waals surface area contributed by atoms with Gasteiger partial charge < -0.3 is 4.74 Å². The minimum Gasteiger partial charge on any atom is -0.465 e. The molecule has 0 aromatic heterocycles. The number of esters is 1. The normalized spacial score (nSPS) is 10.7. The van der Waals surface area contributed by atoms with Crippen molar-refractivity contribution in [3.8, 4) is 6.07 Å². The lowest BCUT2D eigenvalue weighted by Crippen LogP contribution is -2.09. The molecule has 0 heterocycles. The number of nitrogens with zero attached hydrogens (tertiary/aromatic N) is 1. The number of carbonyl (C=O) groups excluding carboxylic acids is 2. The summed E-state index contributed by atoms with van der Waals surface area (Å²) in [6, 6.07) is 3.66. The van der Waals surface area contributed by atoms with Gasteiger partial charge in [0.1, 0.15) is 6.07 Å². The van der Waals surface area contributed by atoms with Gasteiger partial charge in [-0.3, -0.25) is 4.79 Å². The molecule has 4 nitrogen and oxygen atoms in total. The topological polar surface area (TPSA) is 67.2 Å². The zero-order valence-corrected chi connectivity index (χ0v) is 10.3. The van der Waals surface area contributed by atoms with Gasteiger partial charge in [0, 0.05) is 10.5 Å². The van der Waals surface area contributed by atoms with Gasteiger partial charge in [0.2, 0.25) is 0 Å². The maximum Gasteiger partial charge on any atom is 0.446 e. The van der Waals surface area contributed by atoms with E-state index in [4.69, 9.17) is 5.26 Å². The zero-order chi connectivity index (χ0) is 14.6. The van der Waals surface area contributed by atoms with E-state index in [0.717, 1.165) is 19.2 Å². The van der Waals surface area contributed by atoms with Crippen molar-refractivity contribution >= 4 is 24.0 Å². The Kier molecular flexibility index (Phi) is 4.56. The predicted molar refractivity (Wildman–Crippen MR) is 59.8 cm³/mol. The summed E-state index contributed by atoms with van der Waals surface area (Å²) in [7, 11) is 1.03. The number of benzene rings is 1. The van der Waals surface area contributed by atoms with Crippen LogP contribution in [0.4, 0.5) is 13.2 Å². The number of rotatable bonds is 3. The number of nitriles is 1. The van der Waals surface area contributed by atoms with E-state index in [1.807, 2.05) is 0 Å². The van der Waals surface area contributed by atoms with Crippen molar-refractivity contribution < 1.29 is 27.5 Å². The van der Waals surface area contributed by atoms with Crippen molar-refractivity contribution in [3.63, 3.8) is 0 Å². The number of aldehydes is 1. The first-order valence-corrected chi connectivity index (χ1v) is 5.52. The van der Waals surface area contributed by atoms with E-state index < -0.39 is 33.7 Å². The maximum atomic E-state index is 12.4. The Morgan fingerprint density at radius 2 is 2.11 bits per heavy atom. The van der Waals surface area contributed by atoms with Gasteiger partial charge in [0.05, 0.1) is 18.2 Å². The fourth-order valence-corrected chi connectivity index (χ4v) is 2.04. The van der Waals surface area contributed by atoms with E-state index in [1.54, 1.807) is 6.07 Å². The molecule has 1 aromatic rings. The van der Waals surface area contributed by atoms with Crippen LogP contribution in [0.3, 0.4) is 0 Å². The van der Waals surface area contributed by atoms with E-state index in [1.165, 1.54) is 0 Å². The van der Waals surface area contributed by atoms with Crippen molar-refractivity contribution in [2.75, 3.05) is 7.11 Å². The van der Waals surface area contributed by atoms with Crippen LogP contribution < -0.4 is 0 Å². The molecule has 0 bridgehead atoms. The third-order valence-electron chi connectivity index (χ3n) is 2.06. The van der Waals surface area contributed by atoms with Gasteiger partial charge in [-0.1, -0.05) is 0 Å². The lowest BCUT2D eigenvalue weighted by molar-refractivity contribution is -0.0328. The Hall–Kier alpha value is -2.01. The summed E-state index contributed by atoms with van der Waals surface area (Å²) in [4.78, 5) is 21.7. The largest absolute Gasteiger partial charge is 0.465 e. The molecule has 0 N–H and O–H groups in total. The third-order valence-corrected chi connectivity index (χ3v) is 2.93. The highest BCUT2D eigenvalue weighted by molar-refractivity contribution is 8.00. The third kappa shape index (κ3) is 3.48. The number of hydrogen-bond acceptors (Lipinski definition) is 5. The Morgan fingerprint density at radius 3 is 2.53 bits per heavy atom. The molecular formula is C11H6F3NO3S. The van der Waals surface area contributed by atoms with Crippen LogP contribution in [0.25, 0.3) is 0 Å². The summed E-state index contributed by atoms with van der Waals surface area (Å²) in [6.07, 6.45) is 0.0984. The van der Waals surface area contributed by atoms with Crippen LogP contribution in [0, 0.1) is 11.3 Å². The number of alkyl halides is 3. The van der Waals surface area contributed by atoms with E-state index in [9.17, 15) is 22.8 Å². The first-order valence-electron chi connectivity index (χ1n) is 4.70.